The van der Waals surface area contributed by atoms with Gasteiger partial charge in [0.2, 0.25) is 0 Å². The Morgan fingerprint density at radius 2 is 2.06 bits per heavy atom. The van der Waals surface area contributed by atoms with Crippen molar-refractivity contribution >= 4 is 16.8 Å². The summed E-state index contributed by atoms with van der Waals surface area (Å²) in [6.07, 6.45) is -4.77. The van der Waals surface area contributed by atoms with Crippen LogP contribution in [0, 0.1) is 11.3 Å². The zero-order chi connectivity index (χ0) is 13.2. The highest BCUT2D eigenvalue weighted by molar-refractivity contribution is 6.68. The third-order valence-corrected chi connectivity index (χ3v) is 2.19. The molecule has 1 aromatic rings. The summed E-state index contributed by atoms with van der Waals surface area (Å²) in [6, 6.07) is 3.09. The molecule has 0 aromatic heterocycles. The fourth-order valence-electron chi connectivity index (χ4n) is 1.31. The van der Waals surface area contributed by atoms with Gasteiger partial charge in [0.25, 0.3) is 5.24 Å². The van der Waals surface area contributed by atoms with E-state index in [0.29, 0.717) is 6.07 Å². The summed E-state index contributed by atoms with van der Waals surface area (Å²) in [4.78, 5) is 11.0. The molecule has 0 radical (unpaired) electrons. The Balaban J connectivity index is 3.67. The number of rotatable bonds is 2. The molecule has 0 fully saturated rings. The molecule has 3 nitrogen and oxygen atoms in total. The lowest BCUT2D eigenvalue weighted by molar-refractivity contribution is -0.137. The number of benzene rings is 1. The molecule has 1 rings (SSSR count). The van der Waals surface area contributed by atoms with Crippen LogP contribution in [-0.4, -0.2) is 12.4 Å². The molecule has 0 bridgehead atoms. The molecular formula is C10H5ClF3NO2. The van der Waals surface area contributed by atoms with E-state index in [2.05, 4.69) is 0 Å². The minimum Gasteiger partial charge on any atom is -0.495 e. The number of carbonyl (C=O) groups excluding carboxylic acids is 1. The lowest BCUT2D eigenvalue weighted by atomic mass is 10.0. The van der Waals surface area contributed by atoms with Crippen LogP contribution in [0.15, 0.2) is 12.1 Å². The van der Waals surface area contributed by atoms with E-state index in [0.717, 1.165) is 6.07 Å². The van der Waals surface area contributed by atoms with Gasteiger partial charge in [-0.3, -0.25) is 4.79 Å². The van der Waals surface area contributed by atoms with Gasteiger partial charge in [0.05, 0.1) is 18.2 Å². The van der Waals surface area contributed by atoms with Crippen molar-refractivity contribution in [1.29, 1.82) is 5.26 Å². The predicted octanol–water partition coefficient (Wildman–Crippen LogP) is 2.96. The maximum absolute atomic E-state index is 12.6. The number of ether oxygens (including phenoxy) is 1. The number of methoxy groups -OCH3 is 1. The molecule has 0 amide bonds. The Bertz CT molecular complexity index is 505. The molecule has 0 heterocycles. The second kappa shape index (κ2) is 4.63. The summed E-state index contributed by atoms with van der Waals surface area (Å²) in [5.74, 6) is -0.135. The molecule has 90 valence electrons. The smallest absolute Gasteiger partial charge is 0.417 e. The van der Waals surface area contributed by atoms with Crippen LogP contribution in [0.1, 0.15) is 21.5 Å². The van der Waals surface area contributed by atoms with Gasteiger partial charge in [0, 0.05) is 0 Å². The molecular weight excluding hydrogens is 259 g/mol. The Labute approximate surface area is 99.4 Å². The average molecular weight is 264 g/mol. The van der Waals surface area contributed by atoms with Crippen molar-refractivity contribution in [3.05, 3.63) is 28.8 Å². The van der Waals surface area contributed by atoms with E-state index < -0.39 is 28.1 Å². The SMILES string of the molecule is COc1ccc(C(F)(F)F)c(C(=O)Cl)c1C#N. The van der Waals surface area contributed by atoms with Gasteiger partial charge in [0.15, 0.2) is 0 Å². The molecule has 17 heavy (non-hydrogen) atoms. The van der Waals surface area contributed by atoms with Gasteiger partial charge in [0.1, 0.15) is 17.4 Å². The number of carbonyl (C=O) groups is 1. The zero-order valence-electron chi connectivity index (χ0n) is 8.43. The van der Waals surface area contributed by atoms with Gasteiger partial charge in [-0.05, 0) is 23.7 Å². The molecule has 7 heteroatoms. The summed E-state index contributed by atoms with van der Waals surface area (Å²) in [6.45, 7) is 0. The van der Waals surface area contributed by atoms with Gasteiger partial charge in [-0.15, -0.1) is 0 Å². The molecule has 0 saturated heterocycles. The monoisotopic (exact) mass is 263 g/mol. The lowest BCUT2D eigenvalue weighted by Crippen LogP contribution is -2.13. The number of nitrogens with zero attached hydrogens (tertiary/aromatic N) is 1. The minimum absolute atomic E-state index is 0.135. The van der Waals surface area contributed by atoms with Crippen molar-refractivity contribution in [2.24, 2.45) is 0 Å². The van der Waals surface area contributed by atoms with E-state index in [1.165, 1.54) is 13.2 Å². The Morgan fingerprint density at radius 1 is 1.47 bits per heavy atom. The molecule has 0 spiro atoms. The highest BCUT2D eigenvalue weighted by atomic mass is 35.5. The molecule has 0 unspecified atom stereocenters. The van der Waals surface area contributed by atoms with Crippen LogP contribution in [0.25, 0.3) is 0 Å². The van der Waals surface area contributed by atoms with E-state index in [-0.39, 0.29) is 5.75 Å². The third kappa shape index (κ3) is 2.50. The summed E-state index contributed by atoms with van der Waals surface area (Å²) in [5, 5.41) is 7.41. The first-order chi connectivity index (χ1) is 7.82. The number of hydrogen-bond donors (Lipinski definition) is 0. The van der Waals surface area contributed by atoms with Crippen LogP contribution in [0.4, 0.5) is 13.2 Å². The largest absolute Gasteiger partial charge is 0.495 e. The fraction of sp³-hybridized carbons (Fsp3) is 0.200. The first-order valence-electron chi connectivity index (χ1n) is 4.21. The Kier molecular flexibility index (Phi) is 3.63. The first kappa shape index (κ1) is 13.3. The van der Waals surface area contributed by atoms with Gasteiger partial charge >= 0.3 is 6.18 Å². The number of nitriles is 1. The molecule has 1 aromatic carbocycles. The number of halogens is 4. The third-order valence-electron chi connectivity index (χ3n) is 2.00. The quantitative estimate of drug-likeness (QED) is 0.771. The topological polar surface area (TPSA) is 50.1 Å². The average Bonchev–Trinajstić information content (AvgIpc) is 2.25. The van der Waals surface area contributed by atoms with Gasteiger partial charge in [-0.25, -0.2) is 0 Å². The second-order valence-corrected chi connectivity index (χ2v) is 3.29. The molecule has 0 atom stereocenters. The summed E-state index contributed by atoms with van der Waals surface area (Å²) < 4.78 is 42.5. The summed E-state index contributed by atoms with van der Waals surface area (Å²) in [7, 11) is 1.17. The highest BCUT2D eigenvalue weighted by Gasteiger charge is 2.37. The summed E-state index contributed by atoms with van der Waals surface area (Å²) in [5.41, 5.74) is -2.67. The van der Waals surface area contributed by atoms with E-state index in [9.17, 15) is 18.0 Å². The van der Waals surface area contributed by atoms with Gasteiger partial charge < -0.3 is 4.74 Å². The molecule has 0 aliphatic heterocycles. The van der Waals surface area contributed by atoms with Crippen molar-refractivity contribution in [1.82, 2.24) is 0 Å². The van der Waals surface area contributed by atoms with E-state index in [1.807, 2.05) is 0 Å². The first-order valence-corrected chi connectivity index (χ1v) is 4.58. The van der Waals surface area contributed by atoms with Crippen molar-refractivity contribution in [2.45, 2.75) is 6.18 Å². The minimum atomic E-state index is -4.77. The second-order valence-electron chi connectivity index (χ2n) is 2.95. The maximum atomic E-state index is 12.6. The number of hydrogen-bond acceptors (Lipinski definition) is 3. The highest BCUT2D eigenvalue weighted by Crippen LogP contribution is 2.37. The van der Waals surface area contributed by atoms with E-state index in [1.54, 1.807) is 0 Å². The van der Waals surface area contributed by atoms with Crippen molar-refractivity contribution in [2.75, 3.05) is 7.11 Å². The zero-order valence-corrected chi connectivity index (χ0v) is 9.19. The molecule has 0 aliphatic rings. The van der Waals surface area contributed by atoms with Crippen LogP contribution < -0.4 is 4.74 Å². The van der Waals surface area contributed by atoms with Crippen LogP contribution in [-0.2, 0) is 6.18 Å². The standard InChI is InChI=1S/C10H5ClF3NO2/c1-17-7-3-2-6(10(12,13)14)8(9(11)16)5(7)4-15/h2-3H,1H3. The van der Waals surface area contributed by atoms with E-state index in [4.69, 9.17) is 21.6 Å². The lowest BCUT2D eigenvalue weighted by Gasteiger charge is -2.13. The number of alkyl halides is 3. The summed E-state index contributed by atoms with van der Waals surface area (Å²) >= 11 is 5.08. The molecule has 0 saturated carbocycles. The Morgan fingerprint density at radius 3 is 2.41 bits per heavy atom. The van der Waals surface area contributed by atoms with Crippen LogP contribution >= 0.6 is 11.6 Å². The van der Waals surface area contributed by atoms with Gasteiger partial charge in [-0.1, -0.05) is 0 Å². The molecule has 0 aliphatic carbocycles. The van der Waals surface area contributed by atoms with Gasteiger partial charge in [-0.2, -0.15) is 18.4 Å². The van der Waals surface area contributed by atoms with Crippen molar-refractivity contribution < 1.29 is 22.7 Å². The fourth-order valence-corrected chi connectivity index (χ4v) is 1.50. The van der Waals surface area contributed by atoms with Crippen LogP contribution in [0.3, 0.4) is 0 Å². The van der Waals surface area contributed by atoms with E-state index >= 15 is 0 Å². The van der Waals surface area contributed by atoms with Crippen LogP contribution in [0.5, 0.6) is 5.75 Å². The van der Waals surface area contributed by atoms with Crippen molar-refractivity contribution in [3.63, 3.8) is 0 Å². The normalized spacial score (nSPS) is 10.8. The Hall–Kier alpha value is -1.74. The van der Waals surface area contributed by atoms with Crippen molar-refractivity contribution in [3.8, 4) is 11.8 Å². The predicted molar refractivity (Wildman–Crippen MR) is 52.9 cm³/mol. The molecule has 0 N–H and O–H groups in total. The van der Waals surface area contributed by atoms with Crippen LogP contribution in [0.2, 0.25) is 0 Å². The maximum Gasteiger partial charge on any atom is 0.417 e.